The molecular weight excluding hydrogens is 294 g/mol. The average molecular weight is 305 g/mol. The third kappa shape index (κ3) is 2.90. The minimum atomic E-state index is -0.409. The molecule has 3 nitrogen and oxygen atoms in total. The van der Waals surface area contributed by atoms with Gasteiger partial charge in [-0.05, 0) is 41.8 Å². The Hall–Kier alpha value is -2.90. The Balaban J connectivity index is 1.88. The molecule has 0 saturated carbocycles. The normalized spacial score (nSPS) is 9.95. The fraction of sp³-hybridized carbons (Fsp3) is 0. The third-order valence-electron chi connectivity index (χ3n) is 3.13. The van der Waals surface area contributed by atoms with Crippen LogP contribution in [0.3, 0.4) is 0 Å². The van der Waals surface area contributed by atoms with Crippen LogP contribution in [0.2, 0.25) is 0 Å². The van der Waals surface area contributed by atoms with Crippen molar-refractivity contribution in [2.75, 3.05) is 0 Å². The summed E-state index contributed by atoms with van der Waals surface area (Å²) in [6, 6.07) is 19.8. The number of nitriles is 1. The number of benzene rings is 2. The van der Waals surface area contributed by atoms with Crippen LogP contribution in [0.5, 0.6) is 5.75 Å². The second-order valence-electron chi connectivity index (χ2n) is 4.55. The van der Waals surface area contributed by atoms with Crippen molar-refractivity contribution in [1.29, 1.82) is 5.26 Å². The Morgan fingerprint density at radius 3 is 2.45 bits per heavy atom. The van der Waals surface area contributed by atoms with Gasteiger partial charge in [0.1, 0.15) is 5.75 Å². The van der Waals surface area contributed by atoms with Crippen molar-refractivity contribution in [3.8, 4) is 22.3 Å². The Bertz CT molecular complexity index is 830. The molecule has 0 aliphatic heterocycles. The van der Waals surface area contributed by atoms with E-state index >= 15 is 0 Å². The van der Waals surface area contributed by atoms with Gasteiger partial charge in [0.05, 0.1) is 17.2 Å². The number of nitrogens with zero attached hydrogens (tertiary/aromatic N) is 1. The Morgan fingerprint density at radius 2 is 1.77 bits per heavy atom. The number of hydrogen-bond donors (Lipinski definition) is 0. The number of hydrogen-bond acceptors (Lipinski definition) is 4. The smallest absolute Gasteiger partial charge is 0.344 e. The van der Waals surface area contributed by atoms with Gasteiger partial charge in [0.2, 0.25) is 0 Å². The highest BCUT2D eigenvalue weighted by Gasteiger charge is 2.15. The molecule has 0 amide bonds. The molecule has 0 fully saturated rings. The summed E-state index contributed by atoms with van der Waals surface area (Å²) >= 11 is 1.58. The second-order valence-corrected chi connectivity index (χ2v) is 5.50. The van der Waals surface area contributed by atoms with E-state index in [1.807, 2.05) is 41.8 Å². The lowest BCUT2D eigenvalue weighted by molar-refractivity contribution is 0.0735. The van der Waals surface area contributed by atoms with Crippen molar-refractivity contribution in [2.24, 2.45) is 0 Å². The number of rotatable bonds is 3. The van der Waals surface area contributed by atoms with Gasteiger partial charge in [-0.3, -0.25) is 0 Å². The maximum atomic E-state index is 12.4. The molecule has 22 heavy (non-hydrogen) atoms. The predicted octanol–water partition coefficient (Wildman–Crippen LogP) is 4.51. The summed E-state index contributed by atoms with van der Waals surface area (Å²) in [5.74, 6) is 0.0127. The Labute approximate surface area is 132 Å². The molecule has 3 rings (SSSR count). The van der Waals surface area contributed by atoms with E-state index in [-0.39, 0.29) is 0 Å². The summed E-state index contributed by atoms with van der Waals surface area (Å²) in [5, 5.41) is 10.7. The molecular formula is C18H11NO2S. The summed E-state index contributed by atoms with van der Waals surface area (Å²) in [4.78, 5) is 13.4. The van der Waals surface area contributed by atoms with Gasteiger partial charge in [-0.15, -0.1) is 11.3 Å². The van der Waals surface area contributed by atoms with Crippen LogP contribution < -0.4 is 4.74 Å². The van der Waals surface area contributed by atoms with E-state index in [4.69, 9.17) is 10.00 Å². The summed E-state index contributed by atoms with van der Waals surface area (Å²) in [5.41, 5.74) is 1.91. The van der Waals surface area contributed by atoms with Crippen LogP contribution in [-0.2, 0) is 0 Å². The quantitative estimate of drug-likeness (QED) is 0.528. The van der Waals surface area contributed by atoms with Crippen molar-refractivity contribution in [3.05, 3.63) is 77.2 Å². The van der Waals surface area contributed by atoms with Crippen molar-refractivity contribution in [2.45, 2.75) is 0 Å². The van der Waals surface area contributed by atoms with E-state index in [0.717, 1.165) is 10.4 Å². The molecule has 0 radical (unpaired) electrons. The molecule has 0 bridgehead atoms. The first-order valence-electron chi connectivity index (χ1n) is 6.63. The van der Waals surface area contributed by atoms with E-state index in [9.17, 15) is 4.79 Å². The molecule has 4 heteroatoms. The van der Waals surface area contributed by atoms with Crippen LogP contribution in [-0.4, -0.2) is 5.97 Å². The van der Waals surface area contributed by atoms with Gasteiger partial charge in [-0.2, -0.15) is 5.26 Å². The first-order valence-corrected chi connectivity index (χ1v) is 7.51. The van der Waals surface area contributed by atoms with Gasteiger partial charge in [0.25, 0.3) is 0 Å². The molecule has 0 spiro atoms. The second kappa shape index (κ2) is 6.25. The Kier molecular flexibility index (Phi) is 3.99. The van der Waals surface area contributed by atoms with Crippen molar-refractivity contribution in [1.82, 2.24) is 0 Å². The van der Waals surface area contributed by atoms with Crippen LogP contribution in [0.1, 0.15) is 15.9 Å². The zero-order valence-electron chi connectivity index (χ0n) is 11.5. The van der Waals surface area contributed by atoms with Gasteiger partial charge in [0.15, 0.2) is 0 Å². The number of esters is 1. The average Bonchev–Trinajstić information content (AvgIpc) is 3.10. The number of carbonyl (C=O) groups excluding carboxylic acids is 1. The number of ether oxygens (including phenoxy) is 1. The van der Waals surface area contributed by atoms with Crippen LogP contribution in [0.4, 0.5) is 0 Å². The largest absolute Gasteiger partial charge is 0.423 e. The molecule has 106 valence electrons. The highest BCUT2D eigenvalue weighted by atomic mass is 32.1. The fourth-order valence-corrected chi connectivity index (χ4v) is 2.83. The van der Waals surface area contributed by atoms with Crippen LogP contribution in [0.25, 0.3) is 10.4 Å². The first-order chi connectivity index (χ1) is 10.8. The topological polar surface area (TPSA) is 50.1 Å². The highest BCUT2D eigenvalue weighted by Crippen LogP contribution is 2.28. The maximum absolute atomic E-state index is 12.4. The van der Waals surface area contributed by atoms with E-state index in [1.54, 1.807) is 41.7 Å². The standard InChI is InChI=1S/C18H11NO2S/c19-12-13-7-9-14(10-8-13)21-18(20)16-5-2-1-4-15(16)17-6-3-11-22-17/h1-11H. The van der Waals surface area contributed by atoms with Crippen molar-refractivity contribution < 1.29 is 9.53 Å². The van der Waals surface area contributed by atoms with E-state index in [1.165, 1.54) is 0 Å². The van der Waals surface area contributed by atoms with Gasteiger partial charge in [-0.25, -0.2) is 4.79 Å². The lowest BCUT2D eigenvalue weighted by atomic mass is 10.1. The van der Waals surface area contributed by atoms with Crippen LogP contribution in [0.15, 0.2) is 66.0 Å². The van der Waals surface area contributed by atoms with Crippen molar-refractivity contribution >= 4 is 17.3 Å². The summed E-state index contributed by atoms with van der Waals surface area (Å²) in [6.45, 7) is 0. The molecule has 0 atom stereocenters. The van der Waals surface area contributed by atoms with E-state index < -0.39 is 5.97 Å². The maximum Gasteiger partial charge on any atom is 0.344 e. The molecule has 0 N–H and O–H groups in total. The van der Waals surface area contributed by atoms with Crippen LogP contribution in [0, 0.1) is 11.3 Å². The molecule has 0 aliphatic carbocycles. The molecule has 0 saturated heterocycles. The zero-order chi connectivity index (χ0) is 15.4. The van der Waals surface area contributed by atoms with Crippen LogP contribution >= 0.6 is 11.3 Å². The lowest BCUT2D eigenvalue weighted by Gasteiger charge is -2.08. The minimum absolute atomic E-state index is 0.409. The van der Waals surface area contributed by atoms with Gasteiger partial charge in [0, 0.05) is 10.4 Å². The molecule has 1 aromatic heterocycles. The zero-order valence-corrected chi connectivity index (χ0v) is 12.3. The molecule has 0 aliphatic rings. The molecule has 2 aromatic carbocycles. The van der Waals surface area contributed by atoms with E-state index in [2.05, 4.69) is 0 Å². The summed E-state index contributed by atoms with van der Waals surface area (Å²) in [7, 11) is 0. The van der Waals surface area contributed by atoms with Crippen molar-refractivity contribution in [3.63, 3.8) is 0 Å². The minimum Gasteiger partial charge on any atom is -0.423 e. The number of carbonyl (C=O) groups is 1. The fourth-order valence-electron chi connectivity index (χ4n) is 2.07. The summed E-state index contributed by atoms with van der Waals surface area (Å²) < 4.78 is 5.39. The van der Waals surface area contributed by atoms with Gasteiger partial charge >= 0.3 is 5.97 Å². The highest BCUT2D eigenvalue weighted by molar-refractivity contribution is 7.13. The first kappa shape index (κ1) is 14.1. The van der Waals surface area contributed by atoms with E-state index in [0.29, 0.717) is 16.9 Å². The predicted molar refractivity (Wildman–Crippen MR) is 85.9 cm³/mol. The molecule has 0 unspecified atom stereocenters. The SMILES string of the molecule is N#Cc1ccc(OC(=O)c2ccccc2-c2cccs2)cc1. The monoisotopic (exact) mass is 305 g/mol. The van der Waals surface area contributed by atoms with Gasteiger partial charge in [-0.1, -0.05) is 24.3 Å². The molecule has 3 aromatic rings. The number of thiophene rings is 1. The Morgan fingerprint density at radius 1 is 1.00 bits per heavy atom. The molecule has 1 heterocycles. The summed E-state index contributed by atoms with van der Waals surface area (Å²) in [6.07, 6.45) is 0. The third-order valence-corrected chi connectivity index (χ3v) is 4.03. The lowest BCUT2D eigenvalue weighted by Crippen LogP contribution is -2.09. The van der Waals surface area contributed by atoms with Gasteiger partial charge < -0.3 is 4.74 Å².